The molecule has 0 unspecified atom stereocenters. The lowest BCUT2D eigenvalue weighted by atomic mass is 10.0. The van der Waals surface area contributed by atoms with Gasteiger partial charge < -0.3 is 15.4 Å². The molecule has 1 aliphatic heterocycles. The minimum atomic E-state index is -0.275. The maximum absolute atomic E-state index is 11.8. The van der Waals surface area contributed by atoms with Crippen molar-refractivity contribution in [2.24, 2.45) is 5.73 Å². The summed E-state index contributed by atoms with van der Waals surface area (Å²) in [6, 6.07) is 9.66. The third-order valence-electron chi connectivity index (χ3n) is 2.97. The molecule has 1 aromatic rings. The van der Waals surface area contributed by atoms with Gasteiger partial charge in [0.05, 0.1) is 0 Å². The molecule has 1 amide bonds. The van der Waals surface area contributed by atoms with Crippen molar-refractivity contribution in [3.8, 4) is 0 Å². The smallest absolute Gasteiger partial charge is 0.410 e. The van der Waals surface area contributed by atoms with Crippen LogP contribution in [0, 0.1) is 0 Å². The second-order valence-electron chi connectivity index (χ2n) is 4.87. The molecule has 1 aliphatic rings. The van der Waals surface area contributed by atoms with Gasteiger partial charge in [-0.25, -0.2) is 4.79 Å². The number of hydrogen-bond acceptors (Lipinski definition) is 3. The van der Waals surface area contributed by atoms with Crippen LogP contribution in [-0.2, 0) is 11.3 Å². The van der Waals surface area contributed by atoms with Crippen molar-refractivity contribution in [2.75, 3.05) is 13.1 Å². The van der Waals surface area contributed by atoms with Crippen LogP contribution in [0.15, 0.2) is 30.3 Å². The highest BCUT2D eigenvalue weighted by molar-refractivity contribution is 5.68. The predicted molar refractivity (Wildman–Crippen MR) is 65.4 cm³/mol. The molecule has 1 atom stereocenters. The fraction of sp³-hybridized carbons (Fsp3) is 0.462. The second kappa shape index (κ2) is 4.75. The molecule has 0 saturated carbocycles. The fourth-order valence-electron chi connectivity index (χ4n) is 1.95. The van der Waals surface area contributed by atoms with Crippen molar-refractivity contribution in [3.05, 3.63) is 35.9 Å². The SMILES string of the molecule is C[C@@]1(N)CCN(C(=O)OCc2ccccc2)C1. The summed E-state index contributed by atoms with van der Waals surface area (Å²) >= 11 is 0. The Morgan fingerprint density at radius 2 is 2.18 bits per heavy atom. The Labute approximate surface area is 101 Å². The van der Waals surface area contributed by atoms with E-state index in [1.165, 1.54) is 0 Å². The van der Waals surface area contributed by atoms with E-state index in [1.807, 2.05) is 37.3 Å². The maximum Gasteiger partial charge on any atom is 0.410 e. The summed E-state index contributed by atoms with van der Waals surface area (Å²) in [5.74, 6) is 0. The van der Waals surface area contributed by atoms with Crippen LogP contribution in [0.3, 0.4) is 0 Å². The largest absolute Gasteiger partial charge is 0.445 e. The van der Waals surface area contributed by atoms with Crippen LogP contribution in [0.2, 0.25) is 0 Å². The number of amides is 1. The summed E-state index contributed by atoms with van der Waals surface area (Å²) in [6.07, 6.45) is 0.552. The van der Waals surface area contributed by atoms with Crippen LogP contribution < -0.4 is 5.73 Å². The Morgan fingerprint density at radius 3 is 2.76 bits per heavy atom. The zero-order valence-corrected chi connectivity index (χ0v) is 10.1. The summed E-state index contributed by atoms with van der Waals surface area (Å²) in [4.78, 5) is 13.4. The summed E-state index contributed by atoms with van der Waals surface area (Å²) in [6.45, 7) is 3.52. The Morgan fingerprint density at radius 1 is 1.47 bits per heavy atom. The van der Waals surface area contributed by atoms with Crippen molar-refractivity contribution in [2.45, 2.75) is 25.5 Å². The number of likely N-dealkylation sites (tertiary alicyclic amines) is 1. The number of nitrogens with zero attached hydrogens (tertiary/aromatic N) is 1. The van der Waals surface area contributed by atoms with Crippen molar-refractivity contribution in [1.82, 2.24) is 4.90 Å². The Balaban J connectivity index is 1.83. The highest BCUT2D eigenvalue weighted by atomic mass is 16.6. The standard InChI is InChI=1S/C13H18N2O2/c1-13(14)7-8-15(10-13)12(16)17-9-11-5-3-2-4-6-11/h2-6H,7-10,14H2,1H3/t13-/m1/s1. The quantitative estimate of drug-likeness (QED) is 0.848. The van der Waals surface area contributed by atoms with Gasteiger partial charge in [-0.2, -0.15) is 0 Å². The normalized spacial score (nSPS) is 23.8. The Hall–Kier alpha value is -1.55. The Kier molecular flexibility index (Phi) is 3.33. The Bertz CT molecular complexity index is 390. The average molecular weight is 234 g/mol. The van der Waals surface area contributed by atoms with E-state index in [1.54, 1.807) is 4.90 Å². The van der Waals surface area contributed by atoms with Gasteiger partial charge >= 0.3 is 6.09 Å². The molecule has 2 rings (SSSR count). The first-order chi connectivity index (χ1) is 8.07. The highest BCUT2D eigenvalue weighted by Gasteiger charge is 2.33. The van der Waals surface area contributed by atoms with E-state index in [-0.39, 0.29) is 11.6 Å². The molecule has 4 heteroatoms. The van der Waals surface area contributed by atoms with Crippen molar-refractivity contribution in [3.63, 3.8) is 0 Å². The molecule has 1 fully saturated rings. The van der Waals surface area contributed by atoms with E-state index in [2.05, 4.69) is 0 Å². The monoisotopic (exact) mass is 234 g/mol. The maximum atomic E-state index is 11.8. The van der Waals surface area contributed by atoms with Gasteiger partial charge in [0.15, 0.2) is 0 Å². The van der Waals surface area contributed by atoms with Crippen LogP contribution in [-0.4, -0.2) is 29.6 Å². The minimum Gasteiger partial charge on any atom is -0.445 e. The van der Waals surface area contributed by atoms with Crippen molar-refractivity contribution < 1.29 is 9.53 Å². The number of nitrogens with two attached hydrogens (primary N) is 1. The molecule has 1 aromatic carbocycles. The molecule has 92 valence electrons. The number of carbonyl (C=O) groups is 1. The summed E-state index contributed by atoms with van der Waals surface area (Å²) in [5.41, 5.74) is 6.69. The average Bonchev–Trinajstić information content (AvgIpc) is 2.68. The lowest BCUT2D eigenvalue weighted by Gasteiger charge is -2.19. The highest BCUT2D eigenvalue weighted by Crippen LogP contribution is 2.18. The van der Waals surface area contributed by atoms with Crippen LogP contribution in [0.4, 0.5) is 4.79 Å². The minimum absolute atomic E-state index is 0.272. The molecule has 1 heterocycles. The van der Waals surface area contributed by atoms with Gasteiger partial charge in [-0.3, -0.25) is 0 Å². The first-order valence-electron chi connectivity index (χ1n) is 5.81. The first-order valence-corrected chi connectivity index (χ1v) is 5.81. The third-order valence-corrected chi connectivity index (χ3v) is 2.97. The van der Waals surface area contributed by atoms with Crippen molar-refractivity contribution >= 4 is 6.09 Å². The molecule has 0 aliphatic carbocycles. The zero-order chi connectivity index (χ0) is 12.3. The summed E-state index contributed by atoms with van der Waals surface area (Å²) in [7, 11) is 0. The lowest BCUT2D eigenvalue weighted by Crippen LogP contribution is -2.40. The van der Waals surface area contributed by atoms with E-state index in [9.17, 15) is 4.79 Å². The molecular weight excluding hydrogens is 216 g/mol. The van der Waals surface area contributed by atoms with Crippen molar-refractivity contribution in [1.29, 1.82) is 0 Å². The van der Waals surface area contributed by atoms with Gasteiger partial charge in [0.25, 0.3) is 0 Å². The van der Waals surface area contributed by atoms with Gasteiger partial charge in [-0.1, -0.05) is 30.3 Å². The number of rotatable bonds is 2. The lowest BCUT2D eigenvalue weighted by molar-refractivity contribution is 0.103. The molecule has 4 nitrogen and oxygen atoms in total. The third kappa shape index (κ3) is 3.20. The number of ether oxygens (including phenoxy) is 1. The topological polar surface area (TPSA) is 55.6 Å². The predicted octanol–water partition coefficient (Wildman–Crippen LogP) is 1.75. The van der Waals surface area contributed by atoms with E-state index < -0.39 is 0 Å². The molecule has 17 heavy (non-hydrogen) atoms. The van der Waals surface area contributed by atoms with E-state index in [0.29, 0.717) is 19.7 Å². The molecule has 0 bridgehead atoms. The number of benzene rings is 1. The van der Waals surface area contributed by atoms with E-state index in [4.69, 9.17) is 10.5 Å². The molecule has 0 radical (unpaired) electrons. The van der Waals surface area contributed by atoms with Gasteiger partial charge in [0, 0.05) is 18.6 Å². The molecule has 1 saturated heterocycles. The molecule has 0 spiro atoms. The van der Waals surface area contributed by atoms with Crippen LogP contribution in [0.25, 0.3) is 0 Å². The first kappa shape index (κ1) is 11.9. The van der Waals surface area contributed by atoms with Crippen LogP contribution in [0.5, 0.6) is 0 Å². The molecule has 0 aromatic heterocycles. The zero-order valence-electron chi connectivity index (χ0n) is 10.1. The summed E-state index contributed by atoms with van der Waals surface area (Å²) < 4.78 is 5.24. The molecule has 2 N–H and O–H groups in total. The van der Waals surface area contributed by atoms with Gasteiger partial charge in [0.1, 0.15) is 6.61 Å². The van der Waals surface area contributed by atoms with E-state index >= 15 is 0 Å². The number of hydrogen-bond donors (Lipinski definition) is 1. The van der Waals surface area contributed by atoms with Gasteiger partial charge in [-0.05, 0) is 18.9 Å². The van der Waals surface area contributed by atoms with Gasteiger partial charge in [-0.15, -0.1) is 0 Å². The fourth-order valence-corrected chi connectivity index (χ4v) is 1.95. The van der Waals surface area contributed by atoms with E-state index in [0.717, 1.165) is 12.0 Å². The van der Waals surface area contributed by atoms with Crippen LogP contribution in [0.1, 0.15) is 18.9 Å². The molecular formula is C13H18N2O2. The van der Waals surface area contributed by atoms with Gasteiger partial charge in [0.2, 0.25) is 0 Å². The summed E-state index contributed by atoms with van der Waals surface area (Å²) in [5, 5.41) is 0. The van der Waals surface area contributed by atoms with Crippen LogP contribution >= 0.6 is 0 Å². The second-order valence-corrected chi connectivity index (χ2v) is 4.87. The number of carbonyl (C=O) groups excluding carboxylic acids is 1.